The van der Waals surface area contributed by atoms with Crippen LogP contribution in [0.4, 0.5) is 11.4 Å². The second-order valence-electron chi connectivity index (χ2n) is 9.01. The zero-order valence-corrected chi connectivity index (χ0v) is 18.9. The quantitative estimate of drug-likeness (QED) is 0.663. The number of nitrogens with zero attached hydrogens (tertiary/aromatic N) is 3. The zero-order valence-electron chi connectivity index (χ0n) is 18.9. The number of hydrogen-bond acceptors (Lipinski definition) is 6. The molecule has 0 bridgehead atoms. The maximum absolute atomic E-state index is 12.9. The van der Waals surface area contributed by atoms with Crippen molar-refractivity contribution in [3.63, 3.8) is 0 Å². The van der Waals surface area contributed by atoms with Crippen LogP contribution >= 0.6 is 0 Å². The van der Waals surface area contributed by atoms with Crippen molar-refractivity contribution >= 4 is 11.4 Å². The van der Waals surface area contributed by atoms with Gasteiger partial charge in [-0.1, -0.05) is 61.6 Å². The molecule has 0 amide bonds. The molecule has 2 aromatic rings. The number of rotatable bonds is 6. The molecule has 2 aromatic carbocycles. The van der Waals surface area contributed by atoms with Crippen molar-refractivity contribution in [2.75, 3.05) is 11.4 Å². The van der Waals surface area contributed by atoms with E-state index in [1.54, 1.807) is 0 Å². The van der Waals surface area contributed by atoms with Crippen molar-refractivity contribution in [2.24, 2.45) is 17.8 Å². The van der Waals surface area contributed by atoms with Crippen LogP contribution in [0.15, 0.2) is 72.8 Å². The Bertz CT molecular complexity index is 922. The molecule has 6 heteroatoms. The fourth-order valence-corrected chi connectivity index (χ4v) is 5.32. The Labute approximate surface area is 196 Å². The Kier molecular flexibility index (Phi) is 7.46. The maximum Gasteiger partial charge on any atom is 0.124 e. The third-order valence-electron chi connectivity index (χ3n) is 7.09. The third-order valence-corrected chi connectivity index (χ3v) is 7.09. The number of piperidine rings is 1. The van der Waals surface area contributed by atoms with Gasteiger partial charge >= 0.3 is 0 Å². The average molecular weight is 447 g/mol. The van der Waals surface area contributed by atoms with Crippen molar-refractivity contribution in [3.8, 4) is 6.07 Å². The van der Waals surface area contributed by atoms with Gasteiger partial charge < -0.3 is 20.2 Å². The molecule has 2 aliphatic rings. The molecule has 1 heterocycles. The first-order valence-electron chi connectivity index (χ1n) is 11.8. The average Bonchev–Trinajstić information content (AvgIpc) is 2.85. The minimum atomic E-state index is -1.31. The second kappa shape index (κ2) is 10.5. The highest BCUT2D eigenvalue weighted by Gasteiger charge is 2.43. The molecule has 1 saturated heterocycles. The summed E-state index contributed by atoms with van der Waals surface area (Å²) in [7, 11) is 0. The van der Waals surface area contributed by atoms with Crippen molar-refractivity contribution < 1.29 is 15.3 Å². The standard InChI is InChI=1S/C27H32N3O3/c1-2-29-26(32)23(25(31)24(18-28)27(29)33)17-19-13-15-22(16-14-19)30(20-9-5-3-6-10-20)21-11-7-4-8-12-21/h3-13,15,19,22-27,32-33H,2,14,16-17H2,1H3/q-1. The molecule has 0 aromatic heterocycles. The van der Waals surface area contributed by atoms with E-state index in [-0.39, 0.29) is 12.0 Å². The molecule has 1 aliphatic heterocycles. The summed E-state index contributed by atoms with van der Waals surface area (Å²) in [6, 6.07) is 22.8. The van der Waals surface area contributed by atoms with Crippen molar-refractivity contribution in [1.29, 1.82) is 5.26 Å². The number of benzene rings is 2. The Hall–Kier alpha value is -2.69. The summed E-state index contributed by atoms with van der Waals surface area (Å²) in [5.74, 6) is -1.48. The normalized spacial score (nSPS) is 32.3. The summed E-state index contributed by atoms with van der Waals surface area (Å²) < 4.78 is 0. The lowest BCUT2D eigenvalue weighted by molar-refractivity contribution is -0.468. The first kappa shape index (κ1) is 23.5. The Morgan fingerprint density at radius 2 is 1.58 bits per heavy atom. The van der Waals surface area contributed by atoms with E-state index in [9.17, 15) is 20.6 Å². The van der Waals surface area contributed by atoms with Crippen LogP contribution in [0.1, 0.15) is 26.2 Å². The Morgan fingerprint density at radius 1 is 0.970 bits per heavy atom. The topological polar surface area (TPSA) is 93.8 Å². The number of allylic oxidation sites excluding steroid dienone is 1. The predicted molar refractivity (Wildman–Crippen MR) is 126 cm³/mol. The summed E-state index contributed by atoms with van der Waals surface area (Å²) in [6.45, 7) is 2.20. The molecule has 6 nitrogen and oxygen atoms in total. The van der Waals surface area contributed by atoms with E-state index in [2.05, 4.69) is 41.3 Å². The monoisotopic (exact) mass is 446 g/mol. The number of hydrogen-bond donors (Lipinski definition) is 2. The SMILES string of the molecule is CCN1C(O)C(C#N)C([O-])C(CC2C=CC(N(c3ccccc3)c3ccccc3)CC2)C1O. The van der Waals surface area contributed by atoms with Crippen molar-refractivity contribution in [1.82, 2.24) is 4.90 Å². The minimum absolute atomic E-state index is 0.152. The molecule has 1 fully saturated rings. The van der Waals surface area contributed by atoms with Crippen molar-refractivity contribution in [3.05, 3.63) is 72.8 Å². The van der Waals surface area contributed by atoms with E-state index in [1.165, 1.54) is 4.90 Å². The van der Waals surface area contributed by atoms with Gasteiger partial charge in [0.2, 0.25) is 0 Å². The number of aliphatic hydroxyl groups is 2. The van der Waals surface area contributed by atoms with Crippen LogP contribution in [0.3, 0.4) is 0 Å². The largest absolute Gasteiger partial charge is 0.851 e. The van der Waals surface area contributed by atoms with E-state index in [0.29, 0.717) is 13.0 Å². The van der Waals surface area contributed by atoms with Crippen LogP contribution in [0.25, 0.3) is 0 Å². The lowest BCUT2D eigenvalue weighted by Gasteiger charge is -2.52. The van der Waals surface area contributed by atoms with E-state index in [1.807, 2.05) is 49.4 Å². The highest BCUT2D eigenvalue weighted by atomic mass is 16.3. The molecule has 0 radical (unpaired) electrons. The van der Waals surface area contributed by atoms with Crippen LogP contribution in [-0.4, -0.2) is 46.3 Å². The molecule has 33 heavy (non-hydrogen) atoms. The summed E-state index contributed by atoms with van der Waals surface area (Å²) in [5, 5.41) is 43.5. The summed E-state index contributed by atoms with van der Waals surface area (Å²) >= 11 is 0. The van der Waals surface area contributed by atoms with Gasteiger partial charge in [0.15, 0.2) is 0 Å². The fraction of sp³-hybridized carbons (Fsp3) is 0.444. The first-order chi connectivity index (χ1) is 16.0. The highest BCUT2D eigenvalue weighted by Crippen LogP contribution is 2.38. The number of para-hydroxylation sites is 2. The molecule has 7 unspecified atom stereocenters. The van der Waals surface area contributed by atoms with Crippen molar-refractivity contribution in [2.45, 2.75) is 50.8 Å². The van der Waals surface area contributed by atoms with Gasteiger partial charge in [-0.3, -0.25) is 4.90 Å². The molecule has 0 saturated carbocycles. The molecule has 0 spiro atoms. The van der Waals surface area contributed by atoms with Crippen LogP contribution < -0.4 is 10.0 Å². The third kappa shape index (κ3) is 4.83. The first-order valence-corrected chi connectivity index (χ1v) is 11.8. The van der Waals surface area contributed by atoms with Gasteiger partial charge in [0.25, 0.3) is 0 Å². The van der Waals surface area contributed by atoms with Gasteiger partial charge in [-0.25, -0.2) is 0 Å². The van der Waals surface area contributed by atoms with E-state index in [0.717, 1.165) is 24.2 Å². The highest BCUT2D eigenvalue weighted by molar-refractivity contribution is 5.64. The smallest absolute Gasteiger partial charge is 0.124 e. The predicted octanol–water partition coefficient (Wildman–Crippen LogP) is 3.01. The Morgan fingerprint density at radius 3 is 2.06 bits per heavy atom. The van der Waals surface area contributed by atoms with Crippen LogP contribution in [0.5, 0.6) is 0 Å². The Balaban J connectivity index is 1.51. The van der Waals surface area contributed by atoms with E-state index >= 15 is 0 Å². The maximum atomic E-state index is 12.9. The second-order valence-corrected chi connectivity index (χ2v) is 9.01. The molecular weight excluding hydrogens is 414 g/mol. The molecular formula is C27H32N3O3-. The molecule has 174 valence electrons. The number of nitriles is 1. The molecule has 4 rings (SSSR count). The molecule has 2 N–H and O–H groups in total. The zero-order chi connectivity index (χ0) is 23.4. The van der Waals surface area contributed by atoms with Gasteiger partial charge in [-0.15, -0.1) is 0 Å². The molecule has 1 aliphatic carbocycles. The van der Waals surface area contributed by atoms with Crippen LogP contribution in [0.2, 0.25) is 0 Å². The van der Waals surface area contributed by atoms with Gasteiger partial charge in [0, 0.05) is 17.9 Å². The number of likely N-dealkylation sites (tertiary alicyclic amines) is 1. The summed E-state index contributed by atoms with van der Waals surface area (Å²) in [6.07, 6.45) is 3.12. The number of anilines is 2. The molecule has 7 atom stereocenters. The van der Waals surface area contributed by atoms with Gasteiger partial charge in [-0.2, -0.15) is 5.26 Å². The number of aliphatic hydroxyl groups excluding tert-OH is 2. The minimum Gasteiger partial charge on any atom is -0.851 e. The van der Waals surface area contributed by atoms with E-state index < -0.39 is 30.4 Å². The summed E-state index contributed by atoms with van der Waals surface area (Å²) in [4.78, 5) is 3.80. The van der Waals surface area contributed by atoms with Crippen LogP contribution in [0, 0.1) is 29.1 Å². The van der Waals surface area contributed by atoms with Gasteiger partial charge in [-0.05, 0) is 55.4 Å². The lowest BCUT2D eigenvalue weighted by Crippen LogP contribution is -2.64. The van der Waals surface area contributed by atoms with Crippen LogP contribution in [-0.2, 0) is 0 Å². The van der Waals surface area contributed by atoms with Gasteiger partial charge in [0.05, 0.1) is 18.0 Å². The lowest BCUT2D eigenvalue weighted by atomic mass is 9.76. The van der Waals surface area contributed by atoms with E-state index in [4.69, 9.17) is 0 Å². The summed E-state index contributed by atoms with van der Waals surface area (Å²) in [5.41, 5.74) is 2.26. The van der Waals surface area contributed by atoms with Gasteiger partial charge in [0.1, 0.15) is 12.5 Å². The fourth-order valence-electron chi connectivity index (χ4n) is 5.32.